The Bertz CT molecular complexity index is 446. The number of hydrogen-bond acceptors (Lipinski definition) is 4. The largest absolute Gasteiger partial charge is 0.496 e. The van der Waals surface area contributed by atoms with E-state index >= 15 is 0 Å². The van der Waals surface area contributed by atoms with Crippen LogP contribution in [0.15, 0.2) is 18.2 Å². The third-order valence-corrected chi connectivity index (χ3v) is 2.25. The summed E-state index contributed by atoms with van der Waals surface area (Å²) in [4.78, 5) is 23.1. The predicted octanol–water partition coefficient (Wildman–Crippen LogP) is 0.143. The number of benzene rings is 1. The van der Waals surface area contributed by atoms with Crippen LogP contribution in [0.2, 0.25) is 0 Å². The standard InChI is InChI=1S/C12H17N3O3/c1-3-14-11(16)7-15-12(17)9-6-8(13)4-5-10(9)18-2/h4-6H,3,7,13H2,1-2H3,(H,14,16)(H,15,17). The molecular formula is C12H17N3O3. The quantitative estimate of drug-likeness (QED) is 0.649. The van der Waals surface area contributed by atoms with Crippen LogP contribution in [0.25, 0.3) is 0 Å². The van der Waals surface area contributed by atoms with Crippen LogP contribution in [0.3, 0.4) is 0 Å². The van der Waals surface area contributed by atoms with Gasteiger partial charge in [-0.1, -0.05) is 0 Å². The second-order valence-electron chi connectivity index (χ2n) is 3.60. The molecule has 0 heterocycles. The number of carbonyl (C=O) groups excluding carboxylic acids is 2. The molecule has 6 nitrogen and oxygen atoms in total. The minimum absolute atomic E-state index is 0.0787. The lowest BCUT2D eigenvalue weighted by molar-refractivity contribution is -0.120. The van der Waals surface area contributed by atoms with E-state index in [-0.39, 0.29) is 12.5 Å². The van der Waals surface area contributed by atoms with Gasteiger partial charge in [-0.3, -0.25) is 9.59 Å². The molecule has 0 aliphatic carbocycles. The van der Waals surface area contributed by atoms with Crippen molar-refractivity contribution < 1.29 is 14.3 Å². The molecule has 2 amide bonds. The first kappa shape index (κ1) is 13.8. The Labute approximate surface area is 105 Å². The van der Waals surface area contributed by atoms with Crippen molar-refractivity contribution in [1.29, 1.82) is 0 Å². The fraction of sp³-hybridized carbons (Fsp3) is 0.333. The average Bonchev–Trinajstić information content (AvgIpc) is 2.36. The van der Waals surface area contributed by atoms with Crippen molar-refractivity contribution >= 4 is 17.5 Å². The molecule has 0 aliphatic rings. The zero-order valence-electron chi connectivity index (χ0n) is 10.4. The summed E-state index contributed by atoms with van der Waals surface area (Å²) in [5.41, 5.74) is 6.37. The Morgan fingerprint density at radius 3 is 2.67 bits per heavy atom. The maximum Gasteiger partial charge on any atom is 0.255 e. The number of amides is 2. The number of anilines is 1. The van der Waals surface area contributed by atoms with Gasteiger partial charge in [-0.05, 0) is 25.1 Å². The van der Waals surface area contributed by atoms with Gasteiger partial charge in [-0.15, -0.1) is 0 Å². The molecule has 98 valence electrons. The van der Waals surface area contributed by atoms with Crippen LogP contribution >= 0.6 is 0 Å². The van der Waals surface area contributed by atoms with Crippen LogP contribution in [0, 0.1) is 0 Å². The molecule has 1 aromatic rings. The molecule has 0 atom stereocenters. The van der Waals surface area contributed by atoms with Gasteiger partial charge in [0, 0.05) is 12.2 Å². The Hall–Kier alpha value is -2.24. The molecule has 18 heavy (non-hydrogen) atoms. The molecule has 0 bridgehead atoms. The highest BCUT2D eigenvalue weighted by Crippen LogP contribution is 2.20. The second-order valence-corrected chi connectivity index (χ2v) is 3.60. The Balaban J connectivity index is 2.71. The lowest BCUT2D eigenvalue weighted by atomic mass is 10.1. The van der Waals surface area contributed by atoms with E-state index in [0.29, 0.717) is 23.5 Å². The van der Waals surface area contributed by atoms with Gasteiger partial charge in [0.1, 0.15) is 5.75 Å². The Kier molecular flexibility index (Phi) is 4.98. The fourth-order valence-electron chi connectivity index (χ4n) is 1.42. The van der Waals surface area contributed by atoms with Crippen molar-refractivity contribution in [2.75, 3.05) is 25.9 Å². The monoisotopic (exact) mass is 251 g/mol. The summed E-state index contributed by atoms with van der Waals surface area (Å²) in [6.07, 6.45) is 0. The van der Waals surface area contributed by atoms with Gasteiger partial charge in [-0.25, -0.2) is 0 Å². The second kappa shape index (κ2) is 6.48. The number of ether oxygens (including phenoxy) is 1. The summed E-state index contributed by atoms with van der Waals surface area (Å²) in [5, 5.41) is 5.08. The Morgan fingerprint density at radius 1 is 1.33 bits per heavy atom. The van der Waals surface area contributed by atoms with E-state index in [1.807, 2.05) is 0 Å². The number of nitrogens with one attached hydrogen (secondary N) is 2. The number of hydrogen-bond donors (Lipinski definition) is 3. The van der Waals surface area contributed by atoms with Gasteiger partial charge >= 0.3 is 0 Å². The van der Waals surface area contributed by atoms with E-state index in [0.717, 1.165) is 0 Å². The molecule has 6 heteroatoms. The highest BCUT2D eigenvalue weighted by atomic mass is 16.5. The number of carbonyl (C=O) groups is 2. The van der Waals surface area contributed by atoms with Crippen LogP contribution in [0.4, 0.5) is 5.69 Å². The lowest BCUT2D eigenvalue weighted by Crippen LogP contribution is -2.36. The Morgan fingerprint density at radius 2 is 2.06 bits per heavy atom. The van der Waals surface area contributed by atoms with Gasteiger partial charge < -0.3 is 21.1 Å². The molecule has 1 rings (SSSR count). The third kappa shape index (κ3) is 3.65. The minimum atomic E-state index is -0.398. The molecule has 0 aromatic heterocycles. The predicted molar refractivity (Wildman–Crippen MR) is 68.4 cm³/mol. The van der Waals surface area contributed by atoms with Gasteiger partial charge in [0.2, 0.25) is 5.91 Å². The topological polar surface area (TPSA) is 93.5 Å². The smallest absolute Gasteiger partial charge is 0.255 e. The molecule has 0 radical (unpaired) electrons. The number of likely N-dealkylation sites (N-methyl/N-ethyl adjacent to an activating group) is 1. The van der Waals surface area contributed by atoms with Crippen LogP contribution < -0.4 is 21.1 Å². The van der Waals surface area contributed by atoms with E-state index in [4.69, 9.17) is 10.5 Å². The highest BCUT2D eigenvalue weighted by molar-refractivity contribution is 5.99. The van der Waals surface area contributed by atoms with E-state index in [1.165, 1.54) is 13.2 Å². The molecule has 0 saturated heterocycles. The van der Waals surface area contributed by atoms with E-state index in [1.54, 1.807) is 19.1 Å². The first-order chi connectivity index (χ1) is 8.58. The van der Waals surface area contributed by atoms with Gasteiger partial charge in [0.05, 0.1) is 19.2 Å². The van der Waals surface area contributed by atoms with Crippen LogP contribution in [-0.4, -0.2) is 32.0 Å². The van der Waals surface area contributed by atoms with Crippen molar-refractivity contribution in [1.82, 2.24) is 10.6 Å². The average molecular weight is 251 g/mol. The van der Waals surface area contributed by atoms with Gasteiger partial charge in [0.15, 0.2) is 0 Å². The van der Waals surface area contributed by atoms with Crippen LogP contribution in [-0.2, 0) is 4.79 Å². The van der Waals surface area contributed by atoms with Crippen molar-refractivity contribution in [2.45, 2.75) is 6.92 Å². The number of rotatable bonds is 5. The van der Waals surface area contributed by atoms with Gasteiger partial charge in [-0.2, -0.15) is 0 Å². The molecule has 0 fully saturated rings. The number of methoxy groups -OCH3 is 1. The molecule has 4 N–H and O–H groups in total. The summed E-state index contributed by atoms with van der Waals surface area (Å²) in [6, 6.07) is 4.75. The first-order valence-electron chi connectivity index (χ1n) is 5.57. The van der Waals surface area contributed by atoms with E-state index in [2.05, 4.69) is 10.6 Å². The van der Waals surface area contributed by atoms with E-state index in [9.17, 15) is 9.59 Å². The maximum absolute atomic E-state index is 11.9. The van der Waals surface area contributed by atoms with Gasteiger partial charge in [0.25, 0.3) is 5.91 Å². The summed E-state index contributed by atoms with van der Waals surface area (Å²) < 4.78 is 5.06. The third-order valence-electron chi connectivity index (χ3n) is 2.25. The highest BCUT2D eigenvalue weighted by Gasteiger charge is 2.13. The molecule has 0 aliphatic heterocycles. The maximum atomic E-state index is 11.9. The van der Waals surface area contributed by atoms with Crippen molar-refractivity contribution in [3.05, 3.63) is 23.8 Å². The molecule has 0 saturated carbocycles. The SMILES string of the molecule is CCNC(=O)CNC(=O)c1cc(N)ccc1OC. The number of nitrogens with two attached hydrogens (primary N) is 1. The summed E-state index contributed by atoms with van der Waals surface area (Å²) in [5.74, 6) is -0.225. The van der Waals surface area contributed by atoms with Crippen LogP contribution in [0.5, 0.6) is 5.75 Å². The van der Waals surface area contributed by atoms with Crippen LogP contribution in [0.1, 0.15) is 17.3 Å². The molecule has 1 aromatic carbocycles. The summed E-state index contributed by atoms with van der Waals surface area (Å²) in [7, 11) is 1.46. The number of nitrogen functional groups attached to an aromatic ring is 1. The zero-order valence-corrected chi connectivity index (χ0v) is 10.4. The van der Waals surface area contributed by atoms with Crippen molar-refractivity contribution in [3.8, 4) is 5.75 Å². The van der Waals surface area contributed by atoms with Crippen molar-refractivity contribution in [2.24, 2.45) is 0 Å². The fourth-order valence-corrected chi connectivity index (χ4v) is 1.42. The molecule has 0 unspecified atom stereocenters. The minimum Gasteiger partial charge on any atom is -0.496 e. The normalized spacial score (nSPS) is 9.67. The first-order valence-corrected chi connectivity index (χ1v) is 5.57. The zero-order chi connectivity index (χ0) is 13.5. The van der Waals surface area contributed by atoms with E-state index < -0.39 is 5.91 Å². The summed E-state index contributed by atoms with van der Waals surface area (Å²) in [6.45, 7) is 2.25. The lowest BCUT2D eigenvalue weighted by Gasteiger charge is -2.09. The molecule has 0 spiro atoms. The van der Waals surface area contributed by atoms with Crippen molar-refractivity contribution in [3.63, 3.8) is 0 Å². The summed E-state index contributed by atoms with van der Waals surface area (Å²) >= 11 is 0. The molecular weight excluding hydrogens is 234 g/mol.